The molecule has 1 aromatic rings. The van der Waals surface area contributed by atoms with Crippen LogP contribution in [0.1, 0.15) is 48.5 Å². The summed E-state index contributed by atoms with van der Waals surface area (Å²) in [6.45, 7) is 14.7. The van der Waals surface area contributed by atoms with Crippen molar-refractivity contribution in [2.24, 2.45) is 5.92 Å². The maximum Gasteiger partial charge on any atom is 0.408 e. The molecule has 174 valence electrons. The highest BCUT2D eigenvalue weighted by molar-refractivity contribution is 7.93. The summed E-state index contributed by atoms with van der Waals surface area (Å²) in [5.74, 6) is 0.0127. The fourth-order valence-electron chi connectivity index (χ4n) is 3.31. The van der Waals surface area contributed by atoms with Crippen LogP contribution < -0.4 is 10.2 Å². The molecule has 0 saturated carbocycles. The number of amides is 1. The maximum atomic E-state index is 12.6. The van der Waals surface area contributed by atoms with Crippen molar-refractivity contribution in [1.29, 1.82) is 0 Å². The van der Waals surface area contributed by atoms with E-state index >= 15 is 0 Å². The molecule has 0 aliphatic carbocycles. The fraction of sp³-hybridized carbons (Fsp3) is 0.714. The number of hydrogen-bond acceptors (Lipinski definition) is 7. The van der Waals surface area contributed by atoms with Gasteiger partial charge < -0.3 is 15.0 Å². The van der Waals surface area contributed by atoms with E-state index < -0.39 is 22.7 Å². The Morgan fingerprint density at radius 3 is 2.48 bits per heavy atom. The van der Waals surface area contributed by atoms with Gasteiger partial charge in [-0.3, -0.25) is 15.1 Å². The van der Waals surface area contributed by atoms with E-state index in [1.807, 2.05) is 11.8 Å². The van der Waals surface area contributed by atoms with Gasteiger partial charge in [0.1, 0.15) is 41.0 Å². The van der Waals surface area contributed by atoms with Crippen LogP contribution in [0.5, 0.6) is 0 Å². The summed E-state index contributed by atoms with van der Waals surface area (Å²) >= 11 is -0.356. The number of anilines is 1. The van der Waals surface area contributed by atoms with Gasteiger partial charge in [0.05, 0.1) is 11.0 Å². The quantitative estimate of drug-likeness (QED) is 0.410. The van der Waals surface area contributed by atoms with Crippen molar-refractivity contribution >= 4 is 28.6 Å². The Morgan fingerprint density at radius 1 is 1.29 bits per heavy atom. The topological polar surface area (TPSA) is 107 Å². The summed E-state index contributed by atoms with van der Waals surface area (Å²) < 4.78 is 11.9. The highest BCUT2D eigenvalue weighted by Gasteiger charge is 2.45. The Hall–Kier alpha value is -2.07. The van der Waals surface area contributed by atoms with Gasteiger partial charge in [-0.2, -0.15) is 4.18 Å². The van der Waals surface area contributed by atoms with Gasteiger partial charge >= 0.3 is 11.8 Å². The molecular weight excluding hydrogens is 420 g/mol. The molecule has 0 spiro atoms. The zero-order valence-electron chi connectivity index (χ0n) is 19.7. The molecule has 1 unspecified atom stereocenters. The first-order chi connectivity index (χ1) is 14.2. The average Bonchev–Trinajstić information content (AvgIpc) is 2.61. The SMILES string of the molecule is C[C@H]1CN(c2ccncc2[N+](=O)[O-])C[C@@H](NC(=O)OC(C)(C)C)[C@@H]1O[S+](C)C(C)(C)C. The second-order valence-corrected chi connectivity index (χ2v) is 12.2. The monoisotopic (exact) mass is 455 g/mol. The number of carbonyl (C=O) groups excluding carboxylic acids is 1. The van der Waals surface area contributed by atoms with Crippen molar-refractivity contribution in [3.8, 4) is 0 Å². The van der Waals surface area contributed by atoms with Crippen molar-refractivity contribution in [3.05, 3.63) is 28.6 Å². The summed E-state index contributed by atoms with van der Waals surface area (Å²) in [4.78, 5) is 29.4. The molecule has 2 rings (SSSR count). The predicted octanol–water partition coefficient (Wildman–Crippen LogP) is 3.69. The average molecular weight is 456 g/mol. The Morgan fingerprint density at radius 2 is 1.94 bits per heavy atom. The van der Waals surface area contributed by atoms with Crippen LogP contribution in [0.4, 0.5) is 16.2 Å². The van der Waals surface area contributed by atoms with E-state index in [9.17, 15) is 14.9 Å². The number of nitrogens with one attached hydrogen (secondary N) is 1. The minimum absolute atomic E-state index is 0.0127. The number of piperidine rings is 1. The number of carbonyl (C=O) groups is 1. The van der Waals surface area contributed by atoms with Gasteiger partial charge in [-0.25, -0.2) is 4.79 Å². The first-order valence-electron chi connectivity index (χ1n) is 10.3. The van der Waals surface area contributed by atoms with E-state index in [0.29, 0.717) is 18.8 Å². The van der Waals surface area contributed by atoms with Crippen LogP contribution in [-0.4, -0.2) is 57.8 Å². The van der Waals surface area contributed by atoms with Crippen LogP contribution >= 0.6 is 0 Å². The lowest BCUT2D eigenvalue weighted by molar-refractivity contribution is -0.384. The largest absolute Gasteiger partial charge is 0.444 e. The molecule has 0 aromatic carbocycles. The van der Waals surface area contributed by atoms with Crippen LogP contribution in [0, 0.1) is 16.0 Å². The summed E-state index contributed by atoms with van der Waals surface area (Å²) in [6.07, 6.45) is 4.06. The molecule has 1 aromatic heterocycles. The molecule has 0 bridgehead atoms. The molecule has 1 amide bonds. The molecule has 2 heterocycles. The Bertz CT molecular complexity index is 793. The van der Waals surface area contributed by atoms with E-state index in [1.54, 1.807) is 26.8 Å². The van der Waals surface area contributed by atoms with Crippen LogP contribution in [0.3, 0.4) is 0 Å². The zero-order chi connectivity index (χ0) is 23.6. The van der Waals surface area contributed by atoms with Crippen LogP contribution in [0.15, 0.2) is 18.5 Å². The van der Waals surface area contributed by atoms with Crippen molar-refractivity contribution in [1.82, 2.24) is 10.3 Å². The van der Waals surface area contributed by atoms with Crippen LogP contribution in [0.2, 0.25) is 0 Å². The number of alkyl carbamates (subject to hydrolysis) is 1. The van der Waals surface area contributed by atoms with Crippen LogP contribution in [0.25, 0.3) is 0 Å². The number of aromatic nitrogens is 1. The van der Waals surface area contributed by atoms with Gasteiger partial charge in [0, 0.05) is 25.2 Å². The van der Waals surface area contributed by atoms with Crippen molar-refractivity contribution < 1.29 is 18.6 Å². The summed E-state index contributed by atoms with van der Waals surface area (Å²) in [5.41, 5.74) is -0.215. The highest BCUT2D eigenvalue weighted by atomic mass is 32.2. The van der Waals surface area contributed by atoms with E-state index in [1.165, 1.54) is 12.4 Å². The van der Waals surface area contributed by atoms with Gasteiger partial charge in [0.2, 0.25) is 0 Å². The normalized spacial score (nSPS) is 23.2. The fourth-order valence-corrected chi connectivity index (χ4v) is 4.25. The summed E-state index contributed by atoms with van der Waals surface area (Å²) in [7, 11) is 0. The number of pyridine rings is 1. The first kappa shape index (κ1) is 25.2. The predicted molar refractivity (Wildman–Crippen MR) is 123 cm³/mol. The second-order valence-electron chi connectivity index (χ2n) is 9.88. The van der Waals surface area contributed by atoms with Gasteiger partial charge in [-0.05, 0) is 47.6 Å². The number of nitro groups is 1. The smallest absolute Gasteiger partial charge is 0.408 e. The molecule has 1 aliphatic heterocycles. The Labute approximate surface area is 187 Å². The van der Waals surface area contributed by atoms with Crippen molar-refractivity contribution in [2.45, 2.75) is 71.0 Å². The number of nitrogens with zero attached hydrogens (tertiary/aromatic N) is 3. The molecular formula is C21H35N4O5S+. The van der Waals surface area contributed by atoms with Crippen molar-refractivity contribution in [2.75, 3.05) is 24.2 Å². The molecule has 1 aliphatic rings. The van der Waals surface area contributed by atoms with Gasteiger partial charge in [-0.1, -0.05) is 6.92 Å². The lowest BCUT2D eigenvalue weighted by Crippen LogP contribution is -2.61. The molecule has 0 radical (unpaired) electrons. The third kappa shape index (κ3) is 6.96. The number of rotatable bonds is 5. The summed E-state index contributed by atoms with van der Waals surface area (Å²) in [6, 6.07) is 1.24. The lowest BCUT2D eigenvalue weighted by Gasteiger charge is -2.42. The first-order valence-corrected chi connectivity index (χ1v) is 11.9. The minimum atomic E-state index is -0.634. The van der Waals surface area contributed by atoms with E-state index in [4.69, 9.17) is 8.92 Å². The van der Waals surface area contributed by atoms with Gasteiger partial charge in [-0.15, -0.1) is 0 Å². The van der Waals surface area contributed by atoms with E-state index in [2.05, 4.69) is 37.3 Å². The molecule has 4 atom stereocenters. The van der Waals surface area contributed by atoms with E-state index in [-0.39, 0.29) is 33.6 Å². The number of ether oxygens (including phenoxy) is 1. The minimum Gasteiger partial charge on any atom is -0.444 e. The highest BCUT2D eigenvalue weighted by Crippen LogP contribution is 2.33. The zero-order valence-corrected chi connectivity index (χ0v) is 20.5. The van der Waals surface area contributed by atoms with Crippen LogP contribution in [-0.2, 0) is 20.1 Å². The molecule has 1 fully saturated rings. The third-order valence-corrected chi connectivity index (χ3v) is 7.25. The van der Waals surface area contributed by atoms with Gasteiger partial charge in [0.25, 0.3) is 0 Å². The molecule has 1 saturated heterocycles. The summed E-state index contributed by atoms with van der Waals surface area (Å²) in [5, 5.41) is 14.5. The Balaban J connectivity index is 2.32. The maximum absolute atomic E-state index is 12.6. The second kappa shape index (κ2) is 9.60. The molecule has 1 N–H and O–H groups in total. The van der Waals surface area contributed by atoms with E-state index in [0.717, 1.165) is 0 Å². The lowest BCUT2D eigenvalue weighted by atomic mass is 9.92. The van der Waals surface area contributed by atoms with Crippen molar-refractivity contribution in [3.63, 3.8) is 0 Å². The van der Waals surface area contributed by atoms with Gasteiger partial charge in [0.15, 0.2) is 4.75 Å². The molecule has 9 nitrogen and oxygen atoms in total. The third-order valence-electron chi connectivity index (χ3n) is 5.02. The molecule has 31 heavy (non-hydrogen) atoms. The molecule has 10 heteroatoms. The standard InChI is InChI=1S/C21H34N4O5S/c1-14-12-24(16-9-10-22-11-17(16)25(27)28)13-15(23-19(26)29-20(2,3)4)18(14)30-31(8)21(5,6)7/h9-11,14-15,18H,12-13H2,1-8H3/p+1/t14-,15+,18+,31?/m0/s1. The number of hydrogen-bond donors (Lipinski definition) is 1. The Kier molecular flexibility index (Phi) is 7.80.